The van der Waals surface area contributed by atoms with Crippen molar-refractivity contribution in [1.82, 2.24) is 20.0 Å². The highest BCUT2D eigenvalue weighted by Crippen LogP contribution is 2.31. The van der Waals surface area contributed by atoms with E-state index in [2.05, 4.69) is 27.2 Å². The number of allylic oxidation sites excluding steroid dienone is 2. The Labute approximate surface area is 201 Å². The third-order valence-corrected chi connectivity index (χ3v) is 4.33. The van der Waals surface area contributed by atoms with E-state index >= 15 is 0 Å². The lowest BCUT2D eigenvalue weighted by atomic mass is 10.0. The van der Waals surface area contributed by atoms with Gasteiger partial charge in [-0.2, -0.15) is 4.98 Å². The van der Waals surface area contributed by atoms with Crippen LogP contribution in [0.2, 0.25) is 0 Å². The number of ether oxygens (including phenoxy) is 1. The summed E-state index contributed by atoms with van der Waals surface area (Å²) in [7, 11) is 3.27. The molecule has 0 saturated heterocycles. The number of alkyl halides is 2. The minimum absolute atomic E-state index is 0.0705. The summed E-state index contributed by atoms with van der Waals surface area (Å²) < 4.78 is 35.1. The van der Waals surface area contributed by atoms with Gasteiger partial charge < -0.3 is 15.4 Å². The first kappa shape index (κ1) is 30.8. The molecule has 0 aliphatic carbocycles. The zero-order chi connectivity index (χ0) is 26.6. The number of rotatable bonds is 8. The van der Waals surface area contributed by atoms with E-state index in [1.54, 1.807) is 34.1 Å². The molecule has 0 fully saturated rings. The number of hydrogen-bond donors (Lipinski definition) is 2. The fourth-order valence-electron chi connectivity index (χ4n) is 2.91. The van der Waals surface area contributed by atoms with Gasteiger partial charge in [-0.15, -0.1) is 0 Å². The number of nitrogens with one attached hydrogen (secondary N) is 2. The molecule has 0 bridgehead atoms. The van der Waals surface area contributed by atoms with E-state index in [0.717, 1.165) is 17.5 Å². The van der Waals surface area contributed by atoms with Gasteiger partial charge in [0, 0.05) is 50.2 Å². The Morgan fingerprint density at radius 3 is 2.38 bits per heavy atom. The summed E-state index contributed by atoms with van der Waals surface area (Å²) in [5, 5.41) is 5.91. The van der Waals surface area contributed by atoms with Gasteiger partial charge in [0.15, 0.2) is 5.76 Å². The third-order valence-electron chi connectivity index (χ3n) is 4.33. The van der Waals surface area contributed by atoms with Crippen molar-refractivity contribution < 1.29 is 13.5 Å². The van der Waals surface area contributed by atoms with Gasteiger partial charge in [0.05, 0.1) is 17.8 Å². The Morgan fingerprint density at radius 1 is 1.32 bits per heavy atom. The van der Waals surface area contributed by atoms with Crippen molar-refractivity contribution in [3.05, 3.63) is 63.5 Å². The summed E-state index contributed by atoms with van der Waals surface area (Å²) in [4.78, 5) is 21.4. The fourth-order valence-corrected chi connectivity index (χ4v) is 2.91. The van der Waals surface area contributed by atoms with Crippen LogP contribution in [0.25, 0.3) is 5.65 Å². The van der Waals surface area contributed by atoms with Crippen LogP contribution in [0.3, 0.4) is 0 Å². The van der Waals surface area contributed by atoms with Gasteiger partial charge >= 0.3 is 0 Å². The zero-order valence-electron chi connectivity index (χ0n) is 22.0. The molecule has 0 amide bonds. The normalized spacial score (nSPS) is 12.3. The number of hydrogen-bond acceptors (Lipinski definition) is 6. The standard InChI is InChI=1S/C21H27F2N5O2.2C2H6/c1-12(2)26-14(4)17-8-15(21(5,22)23)11-28-18(17)27-19(13(3)20(28)29)30-16(9-24-6)10-25-7;2*1-2/h8-11,14,24,26H,1H2,2-7H3;2*1-2H3/b16-9+,25-10?;;/t14-;;/m1../s1. The van der Waals surface area contributed by atoms with Crippen LogP contribution in [0.15, 0.2) is 46.3 Å². The maximum atomic E-state index is 14.1. The molecule has 34 heavy (non-hydrogen) atoms. The highest BCUT2D eigenvalue weighted by atomic mass is 19.3. The van der Waals surface area contributed by atoms with Gasteiger partial charge in [0.1, 0.15) is 5.65 Å². The summed E-state index contributed by atoms with van der Waals surface area (Å²) in [6.07, 6.45) is 4.14. The number of aliphatic imine (C=N–C) groups is 1. The Balaban J connectivity index is 0.00000258. The van der Waals surface area contributed by atoms with E-state index in [1.165, 1.54) is 19.2 Å². The number of pyridine rings is 1. The second-order valence-corrected chi connectivity index (χ2v) is 7.08. The summed E-state index contributed by atoms with van der Waals surface area (Å²) in [5.41, 5.74) is 0.684. The van der Waals surface area contributed by atoms with E-state index in [-0.39, 0.29) is 22.7 Å². The molecule has 0 aliphatic heterocycles. The number of fused-ring (bicyclic) bond motifs is 1. The molecular formula is C25H39F2N5O2. The molecule has 9 heteroatoms. The van der Waals surface area contributed by atoms with Crippen LogP contribution in [0.4, 0.5) is 8.78 Å². The van der Waals surface area contributed by atoms with E-state index < -0.39 is 17.5 Å². The first-order chi connectivity index (χ1) is 16.0. The largest absolute Gasteiger partial charge is 0.435 e. The van der Waals surface area contributed by atoms with Crippen molar-refractivity contribution in [2.45, 2.75) is 67.4 Å². The summed E-state index contributed by atoms with van der Waals surface area (Å²) in [6.45, 7) is 17.7. The molecule has 0 spiro atoms. The van der Waals surface area contributed by atoms with Gasteiger partial charge in [0.2, 0.25) is 5.88 Å². The highest BCUT2D eigenvalue weighted by molar-refractivity contribution is 5.76. The molecule has 7 nitrogen and oxygen atoms in total. The summed E-state index contributed by atoms with van der Waals surface area (Å²) >= 11 is 0. The van der Waals surface area contributed by atoms with Gasteiger partial charge in [-0.25, -0.2) is 8.78 Å². The predicted molar refractivity (Wildman–Crippen MR) is 137 cm³/mol. The van der Waals surface area contributed by atoms with Crippen LogP contribution >= 0.6 is 0 Å². The fraction of sp³-hybridized carbons (Fsp3) is 0.480. The van der Waals surface area contributed by atoms with Crippen LogP contribution in [-0.2, 0) is 5.92 Å². The van der Waals surface area contributed by atoms with Gasteiger partial charge in [-0.05, 0) is 26.8 Å². The molecule has 2 heterocycles. The van der Waals surface area contributed by atoms with Crippen LogP contribution < -0.4 is 20.9 Å². The van der Waals surface area contributed by atoms with Crippen molar-refractivity contribution in [3.63, 3.8) is 0 Å². The van der Waals surface area contributed by atoms with Crippen LogP contribution in [0, 0.1) is 6.92 Å². The topological polar surface area (TPSA) is 80.0 Å². The molecule has 0 aromatic carbocycles. The summed E-state index contributed by atoms with van der Waals surface area (Å²) in [6, 6.07) is 0.922. The lowest BCUT2D eigenvalue weighted by Crippen LogP contribution is -2.25. The van der Waals surface area contributed by atoms with Crippen molar-refractivity contribution >= 4 is 11.9 Å². The second kappa shape index (κ2) is 14.1. The molecular weight excluding hydrogens is 440 g/mol. The minimum Gasteiger partial charge on any atom is -0.435 e. The lowest BCUT2D eigenvalue weighted by Gasteiger charge is -2.21. The smallest absolute Gasteiger partial charge is 0.271 e. The Hall–Kier alpha value is -3.23. The van der Waals surface area contributed by atoms with Gasteiger partial charge in [-0.1, -0.05) is 34.3 Å². The third kappa shape index (κ3) is 7.97. The second-order valence-electron chi connectivity index (χ2n) is 7.08. The molecule has 1 atom stereocenters. The van der Waals surface area contributed by atoms with Gasteiger partial charge in [0.25, 0.3) is 11.5 Å². The number of aromatic nitrogens is 2. The molecule has 2 aromatic rings. The van der Waals surface area contributed by atoms with Crippen LogP contribution in [0.1, 0.15) is 71.2 Å². The van der Waals surface area contributed by atoms with Crippen molar-refractivity contribution in [3.8, 4) is 5.88 Å². The first-order valence-corrected chi connectivity index (χ1v) is 11.3. The molecule has 0 radical (unpaired) electrons. The number of halogens is 2. The first-order valence-electron chi connectivity index (χ1n) is 11.3. The summed E-state index contributed by atoms with van der Waals surface area (Å²) in [5.74, 6) is -2.72. The molecule has 2 rings (SSSR count). The average molecular weight is 480 g/mol. The monoisotopic (exact) mass is 479 g/mol. The van der Waals surface area contributed by atoms with Crippen LogP contribution in [-0.4, -0.2) is 29.7 Å². The van der Waals surface area contributed by atoms with Crippen molar-refractivity contribution in [2.75, 3.05) is 14.1 Å². The quantitative estimate of drug-likeness (QED) is 0.387. The van der Waals surface area contributed by atoms with E-state index in [4.69, 9.17) is 4.74 Å². The highest BCUT2D eigenvalue weighted by Gasteiger charge is 2.28. The maximum Gasteiger partial charge on any atom is 0.271 e. The van der Waals surface area contributed by atoms with E-state index in [0.29, 0.717) is 17.0 Å². The van der Waals surface area contributed by atoms with Crippen molar-refractivity contribution in [2.24, 2.45) is 4.99 Å². The molecule has 0 saturated carbocycles. The Kier molecular flexibility index (Phi) is 12.8. The average Bonchev–Trinajstić information content (AvgIpc) is 2.78. The van der Waals surface area contributed by atoms with Gasteiger partial charge in [-0.3, -0.25) is 14.2 Å². The molecule has 2 aromatic heterocycles. The Bertz CT molecular complexity index is 1070. The molecule has 2 N–H and O–H groups in total. The molecule has 0 unspecified atom stereocenters. The molecule has 0 aliphatic rings. The SMILES string of the molecule is C=C(C)N[C@H](C)c1cc(C(C)(F)F)cn2c(=O)c(C)c(O/C(C=NC)=C/NC)nc12.CC.CC. The maximum absolute atomic E-state index is 14.1. The minimum atomic E-state index is -3.13. The van der Waals surface area contributed by atoms with Crippen LogP contribution in [0.5, 0.6) is 5.88 Å². The zero-order valence-corrected chi connectivity index (χ0v) is 22.0. The number of nitrogens with zero attached hydrogens (tertiary/aromatic N) is 3. The predicted octanol–water partition coefficient (Wildman–Crippen LogP) is 5.49. The van der Waals surface area contributed by atoms with E-state index in [9.17, 15) is 13.6 Å². The molecule has 190 valence electrons. The van der Waals surface area contributed by atoms with Crippen molar-refractivity contribution in [1.29, 1.82) is 0 Å². The Morgan fingerprint density at radius 2 is 1.91 bits per heavy atom. The lowest BCUT2D eigenvalue weighted by molar-refractivity contribution is 0.0169. The van der Waals surface area contributed by atoms with E-state index in [1.807, 2.05) is 27.7 Å².